The Labute approximate surface area is 169 Å². The van der Waals surface area contributed by atoms with Crippen LogP contribution >= 0.6 is 12.2 Å². The predicted molar refractivity (Wildman–Crippen MR) is 115 cm³/mol. The third-order valence-electron chi connectivity index (χ3n) is 3.87. The van der Waals surface area contributed by atoms with Crippen LogP contribution in [0.4, 0.5) is 17.1 Å². The second kappa shape index (κ2) is 10.3. The van der Waals surface area contributed by atoms with Crippen LogP contribution in [0.25, 0.3) is 0 Å². The molecule has 148 valence electrons. The molecule has 0 amide bonds. The van der Waals surface area contributed by atoms with E-state index in [9.17, 15) is 10.1 Å². The van der Waals surface area contributed by atoms with E-state index in [0.717, 1.165) is 5.69 Å². The number of hydrogen-bond donors (Lipinski definition) is 2. The van der Waals surface area contributed by atoms with Crippen LogP contribution in [0.3, 0.4) is 0 Å². The summed E-state index contributed by atoms with van der Waals surface area (Å²) < 4.78 is 5.02. The molecule has 0 bridgehead atoms. The molecule has 8 nitrogen and oxygen atoms in total. The van der Waals surface area contributed by atoms with Crippen LogP contribution in [0, 0.1) is 10.1 Å². The van der Waals surface area contributed by atoms with Crippen molar-refractivity contribution in [1.29, 1.82) is 0 Å². The van der Waals surface area contributed by atoms with E-state index in [2.05, 4.69) is 15.8 Å². The normalized spacial score (nSPS) is 11.8. The van der Waals surface area contributed by atoms with Crippen molar-refractivity contribution in [2.75, 3.05) is 25.7 Å². The number of nitrogens with zero attached hydrogens (tertiary/aromatic N) is 3. The molecule has 9 heteroatoms. The van der Waals surface area contributed by atoms with E-state index >= 15 is 0 Å². The van der Waals surface area contributed by atoms with Crippen LogP contribution in [0.1, 0.15) is 12.5 Å². The Bertz CT molecular complexity index is 845. The highest BCUT2D eigenvalue weighted by molar-refractivity contribution is 7.80. The first-order valence-electron chi connectivity index (χ1n) is 8.58. The van der Waals surface area contributed by atoms with Crippen molar-refractivity contribution >= 4 is 40.6 Å². The van der Waals surface area contributed by atoms with Gasteiger partial charge in [-0.1, -0.05) is 24.3 Å². The molecule has 0 unspecified atom stereocenters. The maximum atomic E-state index is 11.6. The number of hydrazone groups is 1. The average Bonchev–Trinajstić information content (AvgIpc) is 2.68. The van der Waals surface area contributed by atoms with Crippen LogP contribution in [-0.2, 0) is 4.74 Å². The lowest BCUT2D eigenvalue weighted by Gasteiger charge is -2.19. The SMILES string of the molecule is COC[C@H](C)NC(=S)N/N=C\c1ccc(N(C)c2ccccc2)c([N+](=O)[O-])c1. The fourth-order valence-corrected chi connectivity index (χ4v) is 2.81. The number of benzene rings is 2. The van der Waals surface area contributed by atoms with E-state index in [0.29, 0.717) is 23.0 Å². The van der Waals surface area contributed by atoms with Crippen molar-refractivity contribution in [2.45, 2.75) is 13.0 Å². The minimum Gasteiger partial charge on any atom is -0.383 e. The summed E-state index contributed by atoms with van der Waals surface area (Å²) in [5, 5.41) is 18.9. The van der Waals surface area contributed by atoms with E-state index in [1.54, 1.807) is 31.2 Å². The molecule has 28 heavy (non-hydrogen) atoms. The summed E-state index contributed by atoms with van der Waals surface area (Å²) in [7, 11) is 3.40. The Morgan fingerprint density at radius 2 is 2.07 bits per heavy atom. The molecule has 1 atom stereocenters. The third kappa shape index (κ3) is 6.00. The Hall–Kier alpha value is -3.04. The first-order chi connectivity index (χ1) is 13.4. The van der Waals surface area contributed by atoms with Gasteiger partial charge in [-0.3, -0.25) is 15.5 Å². The van der Waals surface area contributed by atoms with Gasteiger partial charge < -0.3 is 15.0 Å². The van der Waals surface area contributed by atoms with E-state index < -0.39 is 4.92 Å². The number of ether oxygens (including phenoxy) is 1. The van der Waals surface area contributed by atoms with Crippen LogP contribution in [0.5, 0.6) is 0 Å². The number of methoxy groups -OCH3 is 1. The number of thiocarbonyl (C=S) groups is 1. The van der Waals surface area contributed by atoms with Gasteiger partial charge >= 0.3 is 0 Å². The lowest BCUT2D eigenvalue weighted by atomic mass is 10.1. The number of hydrogen-bond acceptors (Lipinski definition) is 6. The molecule has 0 heterocycles. The van der Waals surface area contributed by atoms with Gasteiger partial charge in [-0.2, -0.15) is 5.10 Å². The van der Waals surface area contributed by atoms with Crippen LogP contribution in [-0.4, -0.2) is 43.1 Å². The Morgan fingerprint density at radius 1 is 1.36 bits per heavy atom. The van der Waals surface area contributed by atoms with Crippen molar-refractivity contribution < 1.29 is 9.66 Å². The largest absolute Gasteiger partial charge is 0.383 e. The first-order valence-corrected chi connectivity index (χ1v) is 8.99. The van der Waals surface area contributed by atoms with Crippen LogP contribution in [0.2, 0.25) is 0 Å². The number of rotatable bonds is 8. The number of anilines is 2. The van der Waals surface area contributed by atoms with Gasteiger partial charge in [-0.25, -0.2) is 0 Å². The van der Waals surface area contributed by atoms with Crippen molar-refractivity contribution in [1.82, 2.24) is 10.7 Å². The molecule has 0 saturated heterocycles. The van der Waals surface area contributed by atoms with Gasteiger partial charge in [0, 0.05) is 37.5 Å². The van der Waals surface area contributed by atoms with E-state index in [-0.39, 0.29) is 11.7 Å². The molecule has 0 aliphatic rings. The average molecular weight is 401 g/mol. The van der Waals surface area contributed by atoms with Gasteiger partial charge in [0.15, 0.2) is 5.11 Å². The minimum atomic E-state index is -0.405. The highest BCUT2D eigenvalue weighted by Crippen LogP contribution is 2.32. The predicted octanol–water partition coefficient (Wildman–Crippen LogP) is 3.20. The van der Waals surface area contributed by atoms with Gasteiger partial charge in [-0.05, 0) is 37.3 Å². The molecule has 0 saturated carbocycles. The third-order valence-corrected chi connectivity index (χ3v) is 4.08. The standard InChI is InChI=1S/C19H23N5O3S/c1-14(13-27-3)21-19(28)22-20-12-15-9-10-17(18(11-15)24(25)26)23(2)16-7-5-4-6-8-16/h4-12,14H,13H2,1-3H3,(H2,21,22,28)/b20-12-/t14-/m0/s1. The van der Waals surface area contributed by atoms with Crippen LogP contribution in [0.15, 0.2) is 53.6 Å². The second-order valence-electron chi connectivity index (χ2n) is 6.10. The van der Waals surface area contributed by atoms with Crippen molar-refractivity contribution in [2.24, 2.45) is 5.10 Å². The number of para-hydroxylation sites is 1. The zero-order valence-corrected chi connectivity index (χ0v) is 16.8. The topological polar surface area (TPSA) is 92.0 Å². The fourth-order valence-electron chi connectivity index (χ4n) is 2.55. The molecule has 0 aromatic heterocycles. The van der Waals surface area contributed by atoms with E-state index in [1.165, 1.54) is 12.3 Å². The number of nitro groups is 1. The summed E-state index contributed by atoms with van der Waals surface area (Å²) in [6.07, 6.45) is 1.48. The molecular weight excluding hydrogens is 378 g/mol. The van der Waals surface area contributed by atoms with Gasteiger partial charge in [0.2, 0.25) is 0 Å². The molecule has 0 spiro atoms. The van der Waals surface area contributed by atoms with E-state index in [1.807, 2.05) is 37.3 Å². The van der Waals surface area contributed by atoms with E-state index in [4.69, 9.17) is 17.0 Å². The maximum absolute atomic E-state index is 11.6. The molecule has 0 aliphatic carbocycles. The summed E-state index contributed by atoms with van der Waals surface area (Å²) in [6.45, 7) is 2.43. The lowest BCUT2D eigenvalue weighted by Crippen LogP contribution is -2.40. The Balaban J connectivity index is 2.12. The van der Waals surface area contributed by atoms with Gasteiger partial charge in [-0.15, -0.1) is 0 Å². The first kappa shape index (κ1) is 21.3. The summed E-state index contributed by atoms with van der Waals surface area (Å²) in [5.74, 6) is 0. The van der Waals surface area contributed by atoms with Crippen molar-refractivity contribution in [3.63, 3.8) is 0 Å². The highest BCUT2D eigenvalue weighted by atomic mass is 32.1. The zero-order chi connectivity index (χ0) is 20.5. The molecule has 2 N–H and O–H groups in total. The smallest absolute Gasteiger partial charge is 0.293 e. The summed E-state index contributed by atoms with van der Waals surface area (Å²) in [5.41, 5.74) is 4.61. The van der Waals surface area contributed by atoms with Gasteiger partial charge in [0.05, 0.1) is 17.7 Å². The fraction of sp³-hybridized carbons (Fsp3) is 0.263. The molecule has 2 aromatic rings. The van der Waals surface area contributed by atoms with Crippen LogP contribution < -0.4 is 15.6 Å². The van der Waals surface area contributed by atoms with Crippen molar-refractivity contribution in [3.8, 4) is 0 Å². The summed E-state index contributed by atoms with van der Waals surface area (Å²) in [6, 6.07) is 14.4. The molecule has 0 aliphatic heterocycles. The molecule has 2 rings (SSSR count). The Morgan fingerprint density at radius 3 is 2.71 bits per heavy atom. The molecule has 2 aromatic carbocycles. The summed E-state index contributed by atoms with van der Waals surface area (Å²) >= 11 is 5.13. The second-order valence-corrected chi connectivity index (χ2v) is 6.51. The van der Waals surface area contributed by atoms with Gasteiger partial charge in [0.25, 0.3) is 5.69 Å². The maximum Gasteiger partial charge on any atom is 0.293 e. The minimum absolute atomic E-state index is 0.00952. The molecule has 0 radical (unpaired) electrons. The zero-order valence-electron chi connectivity index (χ0n) is 16.0. The lowest BCUT2D eigenvalue weighted by molar-refractivity contribution is -0.384. The van der Waals surface area contributed by atoms with Crippen molar-refractivity contribution in [3.05, 3.63) is 64.2 Å². The quantitative estimate of drug-likeness (QED) is 0.304. The monoisotopic (exact) mass is 401 g/mol. The number of nitrogens with one attached hydrogen (secondary N) is 2. The highest BCUT2D eigenvalue weighted by Gasteiger charge is 2.18. The molecule has 0 fully saturated rings. The number of nitro benzene ring substituents is 1. The van der Waals surface area contributed by atoms with Gasteiger partial charge in [0.1, 0.15) is 5.69 Å². The molecular formula is C19H23N5O3S. The summed E-state index contributed by atoms with van der Waals surface area (Å²) in [4.78, 5) is 12.9. The Kier molecular flexibility index (Phi) is 7.85.